The van der Waals surface area contributed by atoms with Crippen LogP contribution in [-0.4, -0.2) is 9.55 Å². The molecule has 4 nitrogen and oxygen atoms in total. The number of aromatic nitrogens is 2. The van der Waals surface area contributed by atoms with Gasteiger partial charge in [-0.25, -0.2) is 4.98 Å². The van der Waals surface area contributed by atoms with Crippen LogP contribution in [0, 0.1) is 11.3 Å². The topological polar surface area (TPSA) is 58.7 Å². The SMILES string of the molecule is CCC(C#N)n1cnc(Cl)c(Cl)c1=O. The van der Waals surface area contributed by atoms with E-state index in [1.807, 2.05) is 6.07 Å². The fourth-order valence-electron chi connectivity index (χ4n) is 0.996. The molecule has 0 aromatic carbocycles. The summed E-state index contributed by atoms with van der Waals surface area (Å²) in [5, 5.41) is 8.56. The van der Waals surface area contributed by atoms with Crippen LogP contribution < -0.4 is 5.56 Å². The average molecular weight is 232 g/mol. The van der Waals surface area contributed by atoms with Gasteiger partial charge in [-0.1, -0.05) is 30.1 Å². The van der Waals surface area contributed by atoms with E-state index >= 15 is 0 Å². The molecule has 1 heterocycles. The van der Waals surface area contributed by atoms with Gasteiger partial charge in [0.15, 0.2) is 5.15 Å². The number of rotatable bonds is 2. The zero-order valence-electron chi connectivity index (χ0n) is 7.37. The summed E-state index contributed by atoms with van der Waals surface area (Å²) in [7, 11) is 0. The third-order valence-corrected chi connectivity index (χ3v) is 2.49. The second-order valence-corrected chi connectivity index (χ2v) is 3.35. The van der Waals surface area contributed by atoms with Crippen LogP contribution >= 0.6 is 23.2 Å². The van der Waals surface area contributed by atoms with E-state index in [0.717, 1.165) is 0 Å². The lowest BCUT2D eigenvalue weighted by Crippen LogP contribution is -2.24. The van der Waals surface area contributed by atoms with E-state index in [1.165, 1.54) is 10.9 Å². The highest BCUT2D eigenvalue weighted by Crippen LogP contribution is 2.15. The number of nitriles is 1. The highest BCUT2D eigenvalue weighted by molar-refractivity contribution is 6.40. The summed E-state index contributed by atoms with van der Waals surface area (Å²) in [6, 6.07) is 1.43. The van der Waals surface area contributed by atoms with Crippen LogP contribution in [-0.2, 0) is 0 Å². The Morgan fingerprint density at radius 1 is 1.71 bits per heavy atom. The van der Waals surface area contributed by atoms with Crippen LogP contribution in [0.15, 0.2) is 11.1 Å². The van der Waals surface area contributed by atoms with E-state index < -0.39 is 11.6 Å². The Morgan fingerprint density at radius 2 is 2.36 bits per heavy atom. The highest BCUT2D eigenvalue weighted by atomic mass is 35.5. The minimum Gasteiger partial charge on any atom is -0.281 e. The standard InChI is InChI=1S/C8H7Cl2N3O/c1-2-5(3-11)13-4-12-7(10)6(9)8(13)14/h4-5H,2H2,1H3. The first-order valence-corrected chi connectivity index (χ1v) is 4.69. The average Bonchev–Trinajstić information content (AvgIpc) is 2.19. The summed E-state index contributed by atoms with van der Waals surface area (Å²) < 4.78 is 1.17. The smallest absolute Gasteiger partial charge is 0.274 e. The molecule has 1 aromatic heterocycles. The summed E-state index contributed by atoms with van der Waals surface area (Å²) in [6.45, 7) is 1.79. The van der Waals surface area contributed by atoms with Crippen LogP contribution in [0.25, 0.3) is 0 Å². The normalized spacial score (nSPS) is 12.1. The van der Waals surface area contributed by atoms with Crippen molar-refractivity contribution in [1.82, 2.24) is 9.55 Å². The van der Waals surface area contributed by atoms with E-state index in [0.29, 0.717) is 6.42 Å². The second-order valence-electron chi connectivity index (χ2n) is 2.61. The monoisotopic (exact) mass is 231 g/mol. The Kier molecular flexibility index (Phi) is 3.50. The van der Waals surface area contributed by atoms with Gasteiger partial charge in [0, 0.05) is 0 Å². The molecular formula is C8H7Cl2N3O. The van der Waals surface area contributed by atoms with Crippen LogP contribution in [0.1, 0.15) is 19.4 Å². The molecule has 0 aliphatic carbocycles. The Labute approximate surface area is 90.7 Å². The quantitative estimate of drug-likeness (QED) is 0.733. The van der Waals surface area contributed by atoms with E-state index in [2.05, 4.69) is 4.98 Å². The van der Waals surface area contributed by atoms with Crippen LogP contribution in [0.3, 0.4) is 0 Å². The minimum absolute atomic E-state index is 0.0410. The third kappa shape index (κ3) is 1.89. The molecule has 1 unspecified atom stereocenters. The molecule has 1 atom stereocenters. The van der Waals surface area contributed by atoms with Crippen LogP contribution in [0.2, 0.25) is 10.2 Å². The maximum atomic E-state index is 11.5. The molecule has 6 heteroatoms. The fourth-order valence-corrected chi connectivity index (χ4v) is 1.27. The lowest BCUT2D eigenvalue weighted by atomic mass is 10.2. The molecule has 0 aliphatic rings. The van der Waals surface area contributed by atoms with Crippen molar-refractivity contribution in [3.63, 3.8) is 0 Å². The molecule has 1 aromatic rings. The largest absolute Gasteiger partial charge is 0.281 e. The Morgan fingerprint density at radius 3 is 2.86 bits per heavy atom. The molecular weight excluding hydrogens is 225 g/mol. The first-order chi connectivity index (χ1) is 6.61. The predicted molar refractivity (Wildman–Crippen MR) is 53.5 cm³/mol. The van der Waals surface area contributed by atoms with E-state index in [4.69, 9.17) is 28.5 Å². The molecule has 0 bridgehead atoms. The lowest BCUT2D eigenvalue weighted by molar-refractivity contribution is 0.567. The van der Waals surface area contributed by atoms with Gasteiger partial charge in [0.25, 0.3) is 5.56 Å². The Balaban J connectivity index is 3.32. The van der Waals surface area contributed by atoms with Crippen molar-refractivity contribution in [2.75, 3.05) is 0 Å². The van der Waals surface area contributed by atoms with Crippen molar-refractivity contribution in [2.24, 2.45) is 0 Å². The first-order valence-electron chi connectivity index (χ1n) is 3.93. The summed E-state index contributed by atoms with van der Waals surface area (Å²) >= 11 is 11.1. The molecule has 0 saturated heterocycles. The van der Waals surface area contributed by atoms with Gasteiger partial charge in [0.1, 0.15) is 17.4 Å². The van der Waals surface area contributed by atoms with Crippen molar-refractivity contribution in [3.8, 4) is 6.07 Å². The van der Waals surface area contributed by atoms with Gasteiger partial charge in [-0.2, -0.15) is 5.26 Å². The molecule has 0 N–H and O–H groups in total. The summed E-state index contributed by atoms with van der Waals surface area (Å²) in [5.74, 6) is 0. The molecule has 14 heavy (non-hydrogen) atoms. The maximum Gasteiger partial charge on any atom is 0.274 e. The molecule has 74 valence electrons. The molecule has 0 fully saturated rings. The van der Waals surface area contributed by atoms with Gasteiger partial charge in [0.2, 0.25) is 0 Å². The van der Waals surface area contributed by atoms with E-state index in [-0.39, 0.29) is 10.2 Å². The summed E-state index contributed by atoms with van der Waals surface area (Å²) in [4.78, 5) is 15.2. The van der Waals surface area contributed by atoms with Gasteiger partial charge < -0.3 is 0 Å². The molecule has 0 aliphatic heterocycles. The summed E-state index contributed by atoms with van der Waals surface area (Å²) in [5.41, 5.74) is -0.486. The zero-order valence-corrected chi connectivity index (χ0v) is 8.88. The Bertz CT molecular complexity index is 435. The van der Waals surface area contributed by atoms with Crippen molar-refractivity contribution < 1.29 is 0 Å². The van der Waals surface area contributed by atoms with Crippen LogP contribution in [0.4, 0.5) is 0 Å². The number of halogens is 2. The van der Waals surface area contributed by atoms with E-state index in [1.54, 1.807) is 6.92 Å². The van der Waals surface area contributed by atoms with Gasteiger partial charge >= 0.3 is 0 Å². The van der Waals surface area contributed by atoms with Crippen molar-refractivity contribution in [2.45, 2.75) is 19.4 Å². The van der Waals surface area contributed by atoms with Gasteiger partial charge in [-0.3, -0.25) is 9.36 Å². The zero-order chi connectivity index (χ0) is 10.7. The lowest BCUT2D eigenvalue weighted by Gasteiger charge is -2.09. The van der Waals surface area contributed by atoms with Gasteiger partial charge in [-0.15, -0.1) is 0 Å². The predicted octanol–water partition coefficient (Wildman–Crippen LogP) is 2.02. The Hall–Kier alpha value is -1.05. The second kappa shape index (κ2) is 4.45. The molecule has 0 amide bonds. The molecule has 0 saturated carbocycles. The molecule has 1 rings (SSSR count). The van der Waals surface area contributed by atoms with Crippen LogP contribution in [0.5, 0.6) is 0 Å². The maximum absolute atomic E-state index is 11.5. The number of nitrogens with zero attached hydrogens (tertiary/aromatic N) is 3. The van der Waals surface area contributed by atoms with Crippen molar-refractivity contribution in [1.29, 1.82) is 5.26 Å². The van der Waals surface area contributed by atoms with Gasteiger partial charge in [0.05, 0.1) is 6.07 Å². The third-order valence-electron chi connectivity index (χ3n) is 1.77. The minimum atomic E-state index is -0.551. The van der Waals surface area contributed by atoms with Crippen molar-refractivity contribution >= 4 is 23.2 Å². The first kappa shape index (κ1) is 11.0. The highest BCUT2D eigenvalue weighted by Gasteiger charge is 2.13. The summed E-state index contributed by atoms with van der Waals surface area (Å²) in [6.07, 6.45) is 1.74. The number of hydrogen-bond acceptors (Lipinski definition) is 3. The fraction of sp³-hybridized carbons (Fsp3) is 0.375. The molecule has 0 radical (unpaired) electrons. The molecule has 0 spiro atoms. The van der Waals surface area contributed by atoms with E-state index in [9.17, 15) is 4.79 Å². The van der Waals surface area contributed by atoms with Crippen molar-refractivity contribution in [3.05, 3.63) is 26.9 Å². The van der Waals surface area contributed by atoms with Gasteiger partial charge in [-0.05, 0) is 6.42 Å². The number of hydrogen-bond donors (Lipinski definition) is 0.